The van der Waals surface area contributed by atoms with Gasteiger partial charge in [-0.05, 0) is 26.0 Å². The molecule has 1 atom stereocenters. The average molecular weight is 344 g/mol. The van der Waals surface area contributed by atoms with E-state index in [1.165, 1.54) is 21.8 Å². The van der Waals surface area contributed by atoms with Crippen LogP contribution in [0.15, 0.2) is 47.4 Å². The fraction of sp³-hybridized carbons (Fsp3) is 0.235. The van der Waals surface area contributed by atoms with Gasteiger partial charge in [0, 0.05) is 17.1 Å². The highest BCUT2D eigenvalue weighted by molar-refractivity contribution is 7.16. The molecule has 1 aromatic carbocycles. The summed E-state index contributed by atoms with van der Waals surface area (Å²) < 4.78 is 12.2. The highest BCUT2D eigenvalue weighted by atomic mass is 32.1. The molecule has 0 saturated heterocycles. The third-order valence-electron chi connectivity index (χ3n) is 3.29. The van der Waals surface area contributed by atoms with E-state index in [1.54, 1.807) is 25.3 Å². The summed E-state index contributed by atoms with van der Waals surface area (Å²) in [6.07, 6.45) is 0.988. The number of carbonyl (C=O) groups is 1. The highest BCUT2D eigenvalue weighted by Gasteiger charge is 2.17. The van der Waals surface area contributed by atoms with Crippen LogP contribution in [-0.4, -0.2) is 21.5 Å². The van der Waals surface area contributed by atoms with Gasteiger partial charge in [-0.2, -0.15) is 0 Å². The van der Waals surface area contributed by atoms with Crippen molar-refractivity contribution >= 4 is 22.3 Å². The lowest BCUT2D eigenvalue weighted by molar-refractivity contribution is -0.152. The van der Waals surface area contributed by atoms with E-state index >= 15 is 0 Å². The Morgan fingerprint density at radius 2 is 2.08 bits per heavy atom. The molecular weight excluding hydrogens is 328 g/mol. The van der Waals surface area contributed by atoms with Gasteiger partial charge in [-0.15, -0.1) is 11.3 Å². The number of hydrogen-bond acceptors (Lipinski definition) is 6. The molecule has 0 aliphatic rings. The molecule has 0 amide bonds. The summed E-state index contributed by atoms with van der Waals surface area (Å²) in [6, 6.07) is 10.4. The Labute approximate surface area is 142 Å². The van der Waals surface area contributed by atoms with Crippen LogP contribution < -0.4 is 10.3 Å². The number of thiazole rings is 1. The second-order valence-corrected chi connectivity index (χ2v) is 6.47. The number of fused-ring (bicyclic) bond motifs is 1. The van der Waals surface area contributed by atoms with Crippen molar-refractivity contribution < 1.29 is 14.3 Å². The first kappa shape index (κ1) is 16.2. The second-order valence-electron chi connectivity index (χ2n) is 5.26. The van der Waals surface area contributed by atoms with Crippen LogP contribution in [0.2, 0.25) is 0 Å². The van der Waals surface area contributed by atoms with Crippen LogP contribution in [0.1, 0.15) is 17.5 Å². The van der Waals surface area contributed by atoms with Gasteiger partial charge in [-0.25, -0.2) is 9.78 Å². The van der Waals surface area contributed by atoms with Gasteiger partial charge in [0.15, 0.2) is 11.1 Å². The number of nitrogens with zero attached hydrogens (tertiary/aromatic N) is 2. The molecule has 0 radical (unpaired) electrons. The first-order valence-corrected chi connectivity index (χ1v) is 8.21. The standard InChI is InChI=1S/C17H16N2O4S/c1-11-9-19-15(20)8-13(18-17(19)24-11)10-22-16(21)12(2)23-14-6-4-3-5-7-14/h3-9,12H,10H2,1-2H3/t12-/m0/s1. The third-order valence-corrected chi connectivity index (χ3v) is 4.18. The maximum atomic E-state index is 12.0. The van der Waals surface area contributed by atoms with Crippen molar-refractivity contribution in [2.24, 2.45) is 0 Å². The first-order chi connectivity index (χ1) is 11.5. The Balaban J connectivity index is 1.64. The van der Waals surface area contributed by atoms with E-state index in [0.717, 1.165) is 4.88 Å². The monoisotopic (exact) mass is 344 g/mol. The quantitative estimate of drug-likeness (QED) is 0.665. The number of ether oxygens (including phenoxy) is 2. The minimum absolute atomic E-state index is 0.0655. The average Bonchev–Trinajstić information content (AvgIpc) is 2.94. The molecule has 0 aliphatic heterocycles. The van der Waals surface area contributed by atoms with Gasteiger partial charge in [-0.1, -0.05) is 18.2 Å². The van der Waals surface area contributed by atoms with Crippen LogP contribution in [0.3, 0.4) is 0 Å². The molecule has 0 bridgehead atoms. The molecule has 0 aliphatic carbocycles. The molecule has 0 saturated carbocycles. The maximum Gasteiger partial charge on any atom is 0.347 e. The molecule has 24 heavy (non-hydrogen) atoms. The molecule has 0 N–H and O–H groups in total. The minimum Gasteiger partial charge on any atom is -0.479 e. The van der Waals surface area contributed by atoms with Crippen molar-refractivity contribution in [2.75, 3.05) is 0 Å². The van der Waals surface area contributed by atoms with Crippen LogP contribution >= 0.6 is 11.3 Å². The lowest BCUT2D eigenvalue weighted by Crippen LogP contribution is -2.26. The lowest BCUT2D eigenvalue weighted by Gasteiger charge is -2.13. The van der Waals surface area contributed by atoms with Gasteiger partial charge in [0.1, 0.15) is 12.4 Å². The molecule has 0 spiro atoms. The normalized spacial score (nSPS) is 12.1. The number of para-hydroxylation sites is 1. The molecule has 124 valence electrons. The van der Waals surface area contributed by atoms with Crippen molar-refractivity contribution in [1.82, 2.24) is 9.38 Å². The SMILES string of the molecule is Cc1cn2c(=O)cc(COC(=O)[C@H](C)Oc3ccccc3)nc2s1. The first-order valence-electron chi connectivity index (χ1n) is 7.40. The summed E-state index contributed by atoms with van der Waals surface area (Å²) in [4.78, 5) is 29.9. The number of hydrogen-bond donors (Lipinski definition) is 0. The van der Waals surface area contributed by atoms with Gasteiger partial charge >= 0.3 is 5.97 Å². The van der Waals surface area contributed by atoms with E-state index in [-0.39, 0.29) is 12.2 Å². The molecule has 2 aromatic heterocycles. The van der Waals surface area contributed by atoms with Crippen LogP contribution in [0.4, 0.5) is 0 Å². The van der Waals surface area contributed by atoms with Gasteiger partial charge < -0.3 is 9.47 Å². The van der Waals surface area contributed by atoms with Crippen molar-refractivity contribution in [3.63, 3.8) is 0 Å². The van der Waals surface area contributed by atoms with Crippen molar-refractivity contribution in [3.8, 4) is 5.75 Å². The molecule has 3 aromatic rings. The summed E-state index contributed by atoms with van der Waals surface area (Å²) in [5.41, 5.74) is 0.228. The number of esters is 1. The minimum atomic E-state index is -0.749. The van der Waals surface area contributed by atoms with E-state index in [1.807, 2.05) is 25.1 Å². The Bertz CT molecular complexity index is 917. The van der Waals surface area contributed by atoms with E-state index in [2.05, 4.69) is 4.98 Å². The van der Waals surface area contributed by atoms with Crippen LogP contribution in [-0.2, 0) is 16.1 Å². The zero-order valence-corrected chi connectivity index (χ0v) is 14.1. The Hall–Kier alpha value is -2.67. The molecule has 6 nitrogen and oxygen atoms in total. The summed E-state index contributed by atoms with van der Waals surface area (Å²) in [6.45, 7) is 3.45. The number of aryl methyl sites for hydroxylation is 1. The van der Waals surface area contributed by atoms with E-state index in [0.29, 0.717) is 16.4 Å². The molecular formula is C17H16N2O4S. The summed E-state index contributed by atoms with van der Waals surface area (Å²) in [5, 5.41) is 0. The number of rotatable bonds is 5. The van der Waals surface area contributed by atoms with Crippen molar-refractivity contribution in [1.29, 1.82) is 0 Å². The summed E-state index contributed by atoms with van der Waals surface area (Å²) in [7, 11) is 0. The third kappa shape index (κ3) is 3.62. The summed E-state index contributed by atoms with van der Waals surface area (Å²) in [5.74, 6) is 0.0806. The smallest absolute Gasteiger partial charge is 0.347 e. The van der Waals surface area contributed by atoms with E-state index in [4.69, 9.17) is 9.47 Å². The number of aromatic nitrogens is 2. The van der Waals surface area contributed by atoms with Gasteiger partial charge in [0.05, 0.1) is 5.69 Å². The van der Waals surface area contributed by atoms with Gasteiger partial charge in [0.25, 0.3) is 5.56 Å². The van der Waals surface area contributed by atoms with Crippen molar-refractivity contribution in [2.45, 2.75) is 26.6 Å². The Morgan fingerprint density at radius 1 is 1.33 bits per heavy atom. The van der Waals surface area contributed by atoms with E-state index in [9.17, 15) is 9.59 Å². The number of carbonyl (C=O) groups excluding carboxylic acids is 1. The van der Waals surface area contributed by atoms with Gasteiger partial charge in [0.2, 0.25) is 0 Å². The van der Waals surface area contributed by atoms with Crippen LogP contribution in [0.5, 0.6) is 5.75 Å². The van der Waals surface area contributed by atoms with Gasteiger partial charge in [-0.3, -0.25) is 9.20 Å². The highest BCUT2D eigenvalue weighted by Crippen LogP contribution is 2.14. The fourth-order valence-electron chi connectivity index (χ4n) is 2.15. The zero-order chi connectivity index (χ0) is 17.1. The molecule has 3 rings (SSSR count). The number of benzene rings is 1. The van der Waals surface area contributed by atoms with Crippen molar-refractivity contribution in [3.05, 3.63) is 63.5 Å². The molecule has 0 unspecified atom stereocenters. The Morgan fingerprint density at radius 3 is 2.83 bits per heavy atom. The molecule has 2 heterocycles. The second kappa shape index (κ2) is 6.84. The zero-order valence-electron chi connectivity index (χ0n) is 13.3. The summed E-state index contributed by atoms with van der Waals surface area (Å²) >= 11 is 1.41. The fourth-order valence-corrected chi connectivity index (χ4v) is 3.00. The lowest BCUT2D eigenvalue weighted by atomic mass is 10.3. The van der Waals surface area contributed by atoms with E-state index < -0.39 is 12.1 Å². The Kier molecular flexibility index (Phi) is 4.61. The predicted molar refractivity (Wildman–Crippen MR) is 90.4 cm³/mol. The van der Waals surface area contributed by atoms with Crippen LogP contribution in [0.25, 0.3) is 4.96 Å². The molecule has 7 heteroatoms. The maximum absolute atomic E-state index is 12.0. The predicted octanol–water partition coefficient (Wildman–Crippen LogP) is 2.58. The topological polar surface area (TPSA) is 69.9 Å². The molecule has 0 fully saturated rings. The largest absolute Gasteiger partial charge is 0.479 e. The van der Waals surface area contributed by atoms with Crippen LogP contribution in [0, 0.1) is 6.92 Å².